The van der Waals surface area contributed by atoms with Gasteiger partial charge in [-0.1, -0.05) is 6.07 Å². The van der Waals surface area contributed by atoms with Crippen molar-refractivity contribution in [1.82, 2.24) is 9.91 Å². The quantitative estimate of drug-likeness (QED) is 0.381. The summed E-state index contributed by atoms with van der Waals surface area (Å²) in [7, 11) is 4.73. The van der Waals surface area contributed by atoms with Crippen molar-refractivity contribution in [3.63, 3.8) is 0 Å². The Hall–Kier alpha value is -4.57. The monoisotopic (exact) mass is 545 g/mol. The standard InChI is InChI=1S/C30H31N3O7/c1-36-15-14-32(30(35)21-6-11-24(38-3)12-7-21)18-29(34)33-26(22-8-13-27-28(16-22)40-19-39-27)17-25(31-33)20-4-9-23(37-2)10-5-20/h4-13,16,26H,14-15,17-19H2,1-3H3. The number of carbonyl (C=O) groups excluding carboxylic acids is 2. The van der Waals surface area contributed by atoms with Gasteiger partial charge in [0.25, 0.3) is 11.8 Å². The number of hydrogen-bond acceptors (Lipinski definition) is 8. The average molecular weight is 546 g/mol. The van der Waals surface area contributed by atoms with E-state index in [1.807, 2.05) is 42.5 Å². The lowest BCUT2D eigenvalue weighted by atomic mass is 9.98. The molecule has 3 aromatic carbocycles. The number of nitrogens with zero attached hydrogens (tertiary/aromatic N) is 3. The van der Waals surface area contributed by atoms with Crippen molar-refractivity contribution in [2.24, 2.45) is 5.10 Å². The fraction of sp³-hybridized carbons (Fsp3) is 0.300. The molecular weight excluding hydrogens is 514 g/mol. The fourth-order valence-electron chi connectivity index (χ4n) is 4.68. The van der Waals surface area contributed by atoms with Gasteiger partial charge in [0.05, 0.1) is 32.6 Å². The lowest BCUT2D eigenvalue weighted by Gasteiger charge is -2.27. The summed E-state index contributed by atoms with van der Waals surface area (Å²) in [6.45, 7) is 0.502. The molecule has 40 heavy (non-hydrogen) atoms. The second-order valence-corrected chi connectivity index (χ2v) is 9.29. The molecule has 0 saturated carbocycles. The Bertz CT molecular complexity index is 1390. The first-order chi connectivity index (χ1) is 19.5. The summed E-state index contributed by atoms with van der Waals surface area (Å²) in [6.07, 6.45) is 0.488. The summed E-state index contributed by atoms with van der Waals surface area (Å²) >= 11 is 0. The van der Waals surface area contributed by atoms with E-state index in [0.29, 0.717) is 29.2 Å². The zero-order valence-corrected chi connectivity index (χ0v) is 22.7. The van der Waals surface area contributed by atoms with E-state index < -0.39 is 0 Å². The number of carbonyl (C=O) groups is 2. The molecule has 0 fully saturated rings. The largest absolute Gasteiger partial charge is 0.497 e. The molecule has 0 N–H and O–H groups in total. The van der Waals surface area contributed by atoms with Gasteiger partial charge in [-0.25, -0.2) is 5.01 Å². The fourth-order valence-corrected chi connectivity index (χ4v) is 4.68. The molecule has 1 unspecified atom stereocenters. The zero-order valence-electron chi connectivity index (χ0n) is 22.7. The number of hydrogen-bond donors (Lipinski definition) is 0. The maximum atomic E-state index is 13.8. The summed E-state index contributed by atoms with van der Waals surface area (Å²) < 4.78 is 26.8. The Kier molecular flexibility index (Phi) is 8.16. The van der Waals surface area contributed by atoms with Crippen LogP contribution in [-0.2, 0) is 9.53 Å². The Morgan fingerprint density at radius 2 is 1.60 bits per heavy atom. The predicted molar refractivity (Wildman–Crippen MR) is 147 cm³/mol. The molecule has 5 rings (SSSR count). The number of methoxy groups -OCH3 is 3. The van der Waals surface area contributed by atoms with E-state index in [1.165, 1.54) is 9.91 Å². The predicted octanol–water partition coefficient (Wildman–Crippen LogP) is 3.90. The SMILES string of the molecule is COCCN(CC(=O)N1N=C(c2ccc(OC)cc2)CC1c1ccc2c(c1)OCO2)C(=O)c1ccc(OC)cc1. The van der Waals surface area contributed by atoms with Gasteiger partial charge in [-0.15, -0.1) is 0 Å². The molecule has 10 heteroatoms. The lowest BCUT2D eigenvalue weighted by Crippen LogP contribution is -2.42. The highest BCUT2D eigenvalue weighted by Crippen LogP contribution is 2.39. The molecule has 208 valence electrons. The van der Waals surface area contributed by atoms with Crippen LogP contribution in [-0.4, -0.2) is 75.3 Å². The number of rotatable bonds is 10. The van der Waals surface area contributed by atoms with Crippen molar-refractivity contribution >= 4 is 17.5 Å². The molecule has 0 spiro atoms. The molecule has 0 aliphatic carbocycles. The van der Waals surface area contributed by atoms with Gasteiger partial charge in [0.15, 0.2) is 11.5 Å². The molecule has 1 atom stereocenters. The summed E-state index contributed by atoms with van der Waals surface area (Å²) in [4.78, 5) is 28.7. The van der Waals surface area contributed by atoms with E-state index in [4.69, 9.17) is 28.8 Å². The van der Waals surface area contributed by atoms with Crippen LogP contribution in [0.3, 0.4) is 0 Å². The summed E-state index contributed by atoms with van der Waals surface area (Å²) in [5.41, 5.74) is 2.94. The molecule has 10 nitrogen and oxygen atoms in total. The summed E-state index contributed by atoms with van der Waals surface area (Å²) in [5, 5.41) is 6.23. The van der Waals surface area contributed by atoms with Crippen LogP contribution < -0.4 is 18.9 Å². The maximum Gasteiger partial charge on any atom is 0.262 e. The van der Waals surface area contributed by atoms with Crippen LogP contribution in [0.1, 0.15) is 33.9 Å². The average Bonchev–Trinajstić information content (AvgIpc) is 3.66. The second-order valence-electron chi connectivity index (χ2n) is 9.29. The third-order valence-corrected chi connectivity index (χ3v) is 6.89. The number of benzene rings is 3. The van der Waals surface area contributed by atoms with E-state index in [2.05, 4.69) is 0 Å². The van der Waals surface area contributed by atoms with Crippen molar-refractivity contribution < 1.29 is 33.3 Å². The third kappa shape index (κ3) is 5.72. The Labute approximate surface area is 232 Å². The van der Waals surface area contributed by atoms with Crippen molar-refractivity contribution in [1.29, 1.82) is 0 Å². The molecule has 2 aliphatic heterocycles. The first-order valence-corrected chi connectivity index (χ1v) is 12.9. The zero-order chi connectivity index (χ0) is 28.1. The minimum atomic E-state index is -0.389. The topological polar surface area (TPSA) is 99.1 Å². The van der Waals surface area contributed by atoms with Gasteiger partial charge in [0.1, 0.15) is 18.0 Å². The van der Waals surface area contributed by atoms with Crippen molar-refractivity contribution in [3.8, 4) is 23.0 Å². The van der Waals surface area contributed by atoms with Crippen LogP contribution in [0.2, 0.25) is 0 Å². The van der Waals surface area contributed by atoms with E-state index in [1.54, 1.807) is 45.6 Å². The number of hydrazone groups is 1. The van der Waals surface area contributed by atoms with Crippen LogP contribution in [0.5, 0.6) is 23.0 Å². The van der Waals surface area contributed by atoms with E-state index in [9.17, 15) is 9.59 Å². The number of amides is 2. The Morgan fingerprint density at radius 1 is 0.925 bits per heavy atom. The lowest BCUT2D eigenvalue weighted by molar-refractivity contribution is -0.133. The highest BCUT2D eigenvalue weighted by molar-refractivity contribution is 6.04. The van der Waals surface area contributed by atoms with Gasteiger partial charge in [0.2, 0.25) is 6.79 Å². The maximum absolute atomic E-state index is 13.8. The second kappa shape index (κ2) is 12.1. The van der Waals surface area contributed by atoms with Crippen molar-refractivity contribution in [2.75, 3.05) is 47.8 Å². The van der Waals surface area contributed by atoms with E-state index >= 15 is 0 Å². The van der Waals surface area contributed by atoms with Crippen LogP contribution >= 0.6 is 0 Å². The highest BCUT2D eigenvalue weighted by Gasteiger charge is 2.35. The minimum absolute atomic E-state index is 0.154. The van der Waals surface area contributed by atoms with E-state index in [-0.39, 0.29) is 44.3 Å². The van der Waals surface area contributed by atoms with E-state index in [0.717, 1.165) is 22.6 Å². The molecule has 0 aromatic heterocycles. The summed E-state index contributed by atoms with van der Waals surface area (Å²) in [5.74, 6) is 2.05. The normalized spacial score (nSPS) is 15.5. The molecule has 0 radical (unpaired) electrons. The highest BCUT2D eigenvalue weighted by atomic mass is 16.7. The van der Waals surface area contributed by atoms with Gasteiger partial charge >= 0.3 is 0 Å². The van der Waals surface area contributed by atoms with Crippen LogP contribution in [0.4, 0.5) is 0 Å². The van der Waals surface area contributed by atoms with Gasteiger partial charge in [-0.2, -0.15) is 5.10 Å². The van der Waals surface area contributed by atoms with Crippen molar-refractivity contribution in [3.05, 3.63) is 83.4 Å². The first-order valence-electron chi connectivity index (χ1n) is 12.9. The smallest absolute Gasteiger partial charge is 0.262 e. The van der Waals surface area contributed by atoms with Gasteiger partial charge in [-0.3, -0.25) is 9.59 Å². The molecule has 3 aromatic rings. The van der Waals surface area contributed by atoms with Gasteiger partial charge in [-0.05, 0) is 71.8 Å². The Balaban J connectivity index is 1.43. The first kappa shape index (κ1) is 27.0. The molecule has 2 aliphatic rings. The van der Waals surface area contributed by atoms with Gasteiger partial charge in [0, 0.05) is 25.6 Å². The molecule has 0 bridgehead atoms. The van der Waals surface area contributed by atoms with Crippen LogP contribution in [0.15, 0.2) is 71.8 Å². The van der Waals surface area contributed by atoms with Crippen molar-refractivity contribution in [2.45, 2.75) is 12.5 Å². The number of fused-ring (bicyclic) bond motifs is 1. The molecule has 0 saturated heterocycles. The number of ether oxygens (including phenoxy) is 5. The molecule has 2 amide bonds. The van der Waals surface area contributed by atoms with Gasteiger partial charge < -0.3 is 28.6 Å². The third-order valence-electron chi connectivity index (χ3n) is 6.89. The Morgan fingerprint density at radius 3 is 2.27 bits per heavy atom. The van der Waals surface area contributed by atoms with Crippen LogP contribution in [0, 0.1) is 0 Å². The summed E-state index contributed by atoms with van der Waals surface area (Å²) in [6, 6.07) is 19.6. The minimum Gasteiger partial charge on any atom is -0.497 e. The molecule has 2 heterocycles. The van der Waals surface area contributed by atoms with Crippen LogP contribution in [0.25, 0.3) is 0 Å². The molecular formula is C30H31N3O7.